The summed E-state index contributed by atoms with van der Waals surface area (Å²) in [7, 11) is 0. The molecule has 0 spiro atoms. The van der Waals surface area contributed by atoms with Gasteiger partial charge in [0.2, 0.25) is 5.82 Å². The Labute approximate surface area is 70.3 Å². The van der Waals surface area contributed by atoms with Crippen molar-refractivity contribution in [1.29, 1.82) is 0 Å². The van der Waals surface area contributed by atoms with Crippen molar-refractivity contribution >= 4 is 5.97 Å². The zero-order chi connectivity index (χ0) is 10.0. The summed E-state index contributed by atoms with van der Waals surface area (Å²) in [6, 6.07) is 0. The van der Waals surface area contributed by atoms with Gasteiger partial charge in [0.15, 0.2) is 0 Å². The summed E-state index contributed by atoms with van der Waals surface area (Å²) in [5.74, 6) is -2.58. The van der Waals surface area contributed by atoms with Gasteiger partial charge in [-0.05, 0) is 0 Å². The van der Waals surface area contributed by atoms with Crippen molar-refractivity contribution in [3.63, 3.8) is 0 Å². The zero-order valence-electron chi connectivity index (χ0n) is 6.28. The first-order valence-electron chi connectivity index (χ1n) is 3.22. The Morgan fingerprint density at radius 1 is 1.62 bits per heavy atom. The molecule has 7 heteroatoms. The lowest BCUT2D eigenvalue weighted by molar-refractivity contribution is -0.137. The Morgan fingerprint density at radius 2 is 2.23 bits per heavy atom. The minimum absolute atomic E-state index is 0.262. The molecular weight excluding hydrogens is 183 g/mol. The lowest BCUT2D eigenvalue weighted by Gasteiger charge is -1.98. The van der Waals surface area contributed by atoms with Gasteiger partial charge in [-0.15, -0.1) is 0 Å². The van der Waals surface area contributed by atoms with E-state index in [-0.39, 0.29) is 4.57 Å². The number of carbonyl (C=O) groups is 1. The van der Waals surface area contributed by atoms with Gasteiger partial charge in [0.05, 0.1) is 0 Å². The van der Waals surface area contributed by atoms with E-state index < -0.39 is 29.6 Å². The van der Waals surface area contributed by atoms with Crippen LogP contribution >= 0.6 is 0 Å². The molecule has 0 aliphatic rings. The average Bonchev–Trinajstić information content (AvgIpc) is 2.05. The highest BCUT2D eigenvalue weighted by Gasteiger charge is 2.09. The Hall–Kier alpha value is -1.92. The number of hydrogen-bond acceptors (Lipinski definition) is 3. The maximum atomic E-state index is 12.5. The summed E-state index contributed by atoms with van der Waals surface area (Å²) in [4.78, 5) is 33.7. The summed E-state index contributed by atoms with van der Waals surface area (Å²) in [6.07, 6.45) is 0.586. The topological polar surface area (TPSA) is 92.2 Å². The van der Waals surface area contributed by atoms with Gasteiger partial charge >= 0.3 is 11.7 Å². The number of rotatable bonds is 2. The molecule has 0 aromatic carbocycles. The van der Waals surface area contributed by atoms with E-state index in [0.717, 1.165) is 0 Å². The van der Waals surface area contributed by atoms with Crippen LogP contribution in [-0.4, -0.2) is 20.6 Å². The minimum atomic E-state index is -1.39. The standard InChI is InChI=1S/C6H5FN2O4/c7-3-1-8-6(13)9(5(3)12)2-4(10)11/h1H,2H2,(H,8,13)(H,10,11). The molecule has 6 nitrogen and oxygen atoms in total. The van der Waals surface area contributed by atoms with Crippen molar-refractivity contribution in [2.75, 3.05) is 0 Å². The molecule has 0 aliphatic carbocycles. The molecule has 2 N–H and O–H groups in total. The third kappa shape index (κ3) is 1.81. The minimum Gasteiger partial charge on any atom is -0.480 e. The van der Waals surface area contributed by atoms with Crippen molar-refractivity contribution in [2.24, 2.45) is 0 Å². The van der Waals surface area contributed by atoms with E-state index in [4.69, 9.17) is 5.11 Å². The van der Waals surface area contributed by atoms with Crippen LogP contribution in [0.25, 0.3) is 0 Å². The SMILES string of the molecule is O=C(O)Cn1c(=O)[nH]cc(F)c1=O. The Kier molecular flexibility index (Phi) is 2.27. The number of H-pyrrole nitrogens is 1. The van der Waals surface area contributed by atoms with Crippen molar-refractivity contribution in [1.82, 2.24) is 9.55 Å². The third-order valence-corrected chi connectivity index (χ3v) is 1.31. The maximum Gasteiger partial charge on any atom is 0.329 e. The summed E-state index contributed by atoms with van der Waals surface area (Å²) in [5.41, 5.74) is -2.19. The van der Waals surface area contributed by atoms with Gasteiger partial charge < -0.3 is 10.1 Å². The molecular formula is C6H5FN2O4. The molecule has 0 atom stereocenters. The highest BCUT2D eigenvalue weighted by Crippen LogP contribution is 1.80. The fourth-order valence-corrected chi connectivity index (χ4v) is 0.765. The highest BCUT2D eigenvalue weighted by atomic mass is 19.1. The lowest BCUT2D eigenvalue weighted by atomic mass is 10.5. The lowest BCUT2D eigenvalue weighted by Crippen LogP contribution is -2.38. The zero-order valence-corrected chi connectivity index (χ0v) is 6.28. The van der Waals surface area contributed by atoms with Crippen LogP contribution in [0.1, 0.15) is 0 Å². The predicted octanol–water partition coefficient (Wildman–Crippen LogP) is -1.24. The molecule has 0 amide bonds. The van der Waals surface area contributed by atoms with Crippen molar-refractivity contribution in [2.45, 2.75) is 6.54 Å². The average molecular weight is 188 g/mol. The van der Waals surface area contributed by atoms with Crippen LogP contribution in [0, 0.1) is 5.82 Å². The van der Waals surface area contributed by atoms with E-state index in [2.05, 4.69) is 0 Å². The van der Waals surface area contributed by atoms with Crippen LogP contribution in [-0.2, 0) is 11.3 Å². The number of hydrogen-bond donors (Lipinski definition) is 2. The first-order valence-corrected chi connectivity index (χ1v) is 3.22. The smallest absolute Gasteiger partial charge is 0.329 e. The number of nitrogens with zero attached hydrogens (tertiary/aromatic N) is 1. The summed E-state index contributed by atoms with van der Waals surface area (Å²) in [5, 5.41) is 8.27. The molecule has 0 radical (unpaired) electrons. The maximum absolute atomic E-state index is 12.5. The van der Waals surface area contributed by atoms with Crippen molar-refractivity contribution in [3.05, 3.63) is 32.9 Å². The predicted molar refractivity (Wildman–Crippen MR) is 38.9 cm³/mol. The molecule has 70 valence electrons. The Bertz CT molecular complexity index is 447. The van der Waals surface area contributed by atoms with Crippen LogP contribution in [0.3, 0.4) is 0 Å². The van der Waals surface area contributed by atoms with Crippen LogP contribution in [0.15, 0.2) is 15.8 Å². The molecule has 1 aromatic heterocycles. The normalized spacial score (nSPS) is 9.92. The van der Waals surface area contributed by atoms with Gasteiger partial charge in [0.25, 0.3) is 5.56 Å². The first kappa shape index (κ1) is 9.17. The highest BCUT2D eigenvalue weighted by molar-refractivity contribution is 5.66. The van der Waals surface area contributed by atoms with E-state index in [9.17, 15) is 18.8 Å². The second-order valence-corrected chi connectivity index (χ2v) is 2.23. The van der Waals surface area contributed by atoms with E-state index in [1.165, 1.54) is 0 Å². The fourth-order valence-electron chi connectivity index (χ4n) is 0.765. The molecule has 0 aliphatic heterocycles. The molecule has 13 heavy (non-hydrogen) atoms. The van der Waals surface area contributed by atoms with Crippen molar-refractivity contribution < 1.29 is 14.3 Å². The van der Waals surface area contributed by atoms with Crippen molar-refractivity contribution in [3.8, 4) is 0 Å². The van der Waals surface area contributed by atoms with E-state index in [1.54, 1.807) is 0 Å². The Balaban J connectivity index is 3.35. The molecule has 1 rings (SSSR count). The number of halogens is 1. The molecule has 0 unspecified atom stereocenters. The number of carboxylic acids is 1. The van der Waals surface area contributed by atoms with E-state index in [0.29, 0.717) is 6.20 Å². The monoisotopic (exact) mass is 188 g/mol. The summed E-state index contributed by atoms with van der Waals surface area (Å²) in [6.45, 7) is -0.855. The van der Waals surface area contributed by atoms with Gasteiger partial charge in [0, 0.05) is 6.20 Å². The van der Waals surface area contributed by atoms with Gasteiger partial charge in [-0.1, -0.05) is 0 Å². The molecule has 0 fully saturated rings. The number of aromatic nitrogens is 2. The number of nitrogens with one attached hydrogen (secondary N) is 1. The molecule has 0 saturated carbocycles. The van der Waals surface area contributed by atoms with E-state index >= 15 is 0 Å². The molecule has 0 saturated heterocycles. The van der Waals surface area contributed by atoms with Crippen LogP contribution in [0.5, 0.6) is 0 Å². The second kappa shape index (κ2) is 3.21. The summed E-state index contributed by atoms with van der Waals surface area (Å²) < 4.78 is 12.8. The summed E-state index contributed by atoms with van der Waals surface area (Å²) >= 11 is 0. The first-order chi connectivity index (χ1) is 6.02. The Morgan fingerprint density at radius 3 is 2.77 bits per heavy atom. The molecule has 0 bridgehead atoms. The van der Waals surface area contributed by atoms with Gasteiger partial charge in [-0.25, -0.2) is 9.36 Å². The van der Waals surface area contributed by atoms with Gasteiger partial charge in [0.1, 0.15) is 6.54 Å². The number of aliphatic carboxylic acids is 1. The number of aromatic amines is 1. The number of carboxylic acid groups (broad SMARTS) is 1. The largest absolute Gasteiger partial charge is 0.480 e. The molecule has 1 aromatic rings. The molecule has 1 heterocycles. The van der Waals surface area contributed by atoms with Crippen LogP contribution < -0.4 is 11.2 Å². The second-order valence-electron chi connectivity index (χ2n) is 2.23. The van der Waals surface area contributed by atoms with Gasteiger partial charge in [-0.3, -0.25) is 9.59 Å². The third-order valence-electron chi connectivity index (χ3n) is 1.31. The van der Waals surface area contributed by atoms with Gasteiger partial charge in [-0.2, -0.15) is 4.39 Å². The van der Waals surface area contributed by atoms with Crippen LogP contribution in [0.2, 0.25) is 0 Å². The van der Waals surface area contributed by atoms with E-state index in [1.807, 2.05) is 4.98 Å². The quantitative estimate of drug-likeness (QED) is 0.607. The fraction of sp³-hybridized carbons (Fsp3) is 0.167. The van der Waals surface area contributed by atoms with Crippen LogP contribution in [0.4, 0.5) is 4.39 Å².